The molecule has 3 rings (SSSR count). The molecule has 2 aromatic rings. The predicted molar refractivity (Wildman–Crippen MR) is 106 cm³/mol. The highest BCUT2D eigenvalue weighted by Crippen LogP contribution is 2.38. The second-order valence-corrected chi connectivity index (χ2v) is 7.72. The van der Waals surface area contributed by atoms with Crippen LogP contribution in [0.15, 0.2) is 18.2 Å². The Bertz CT molecular complexity index is 1030. The van der Waals surface area contributed by atoms with Gasteiger partial charge in [0.15, 0.2) is 5.82 Å². The first kappa shape index (κ1) is 23.2. The molecule has 0 amide bonds. The van der Waals surface area contributed by atoms with Gasteiger partial charge in [-0.2, -0.15) is 26.3 Å². The van der Waals surface area contributed by atoms with Crippen molar-refractivity contribution >= 4 is 18.5 Å². The number of halogens is 6. The van der Waals surface area contributed by atoms with Gasteiger partial charge in [-0.3, -0.25) is 4.90 Å². The molecule has 0 bridgehead atoms. The van der Waals surface area contributed by atoms with E-state index in [0.29, 0.717) is 24.6 Å². The van der Waals surface area contributed by atoms with Crippen molar-refractivity contribution in [2.75, 3.05) is 25.5 Å². The maximum Gasteiger partial charge on any atom is 0.416 e. The van der Waals surface area contributed by atoms with E-state index in [-0.39, 0.29) is 24.1 Å². The van der Waals surface area contributed by atoms with E-state index in [1.54, 1.807) is 7.05 Å². The zero-order chi connectivity index (χ0) is 23.0. The van der Waals surface area contributed by atoms with Crippen molar-refractivity contribution in [1.82, 2.24) is 14.5 Å². The summed E-state index contributed by atoms with van der Waals surface area (Å²) in [6.45, 7) is 4.92. The highest BCUT2D eigenvalue weighted by atomic mass is 19.4. The molecule has 0 saturated carbocycles. The quantitative estimate of drug-likeness (QED) is 0.729. The molecule has 1 aliphatic heterocycles. The number of hydrogen-bond acceptors (Lipinski definition) is 3. The van der Waals surface area contributed by atoms with Crippen LogP contribution in [0.3, 0.4) is 0 Å². The average molecular weight is 446 g/mol. The van der Waals surface area contributed by atoms with Crippen LogP contribution < -0.4 is 16.1 Å². The molecule has 170 valence electrons. The third-order valence-electron chi connectivity index (χ3n) is 5.63. The normalized spacial score (nSPS) is 17.4. The van der Waals surface area contributed by atoms with Crippen LogP contribution >= 0.6 is 0 Å². The molecule has 31 heavy (non-hydrogen) atoms. The van der Waals surface area contributed by atoms with Gasteiger partial charge in [-0.1, -0.05) is 18.7 Å². The van der Waals surface area contributed by atoms with Crippen molar-refractivity contribution in [1.29, 1.82) is 0 Å². The summed E-state index contributed by atoms with van der Waals surface area (Å²) in [6.07, 6.45) is -6.13. The molecule has 1 N–H and O–H groups in total. The molecule has 10 heteroatoms. The Hall–Kier alpha value is -2.49. The number of nitrogens with one attached hydrogen (secondary N) is 1. The first-order valence-corrected chi connectivity index (χ1v) is 9.81. The summed E-state index contributed by atoms with van der Waals surface area (Å²) in [5.41, 5.74) is -2.05. The molecule has 0 atom stereocenters. The number of rotatable bonds is 4. The van der Waals surface area contributed by atoms with Crippen LogP contribution in [-0.2, 0) is 25.9 Å². The fourth-order valence-corrected chi connectivity index (χ4v) is 3.83. The topological polar surface area (TPSA) is 33.1 Å². The lowest BCUT2D eigenvalue weighted by atomic mass is 9.95. The van der Waals surface area contributed by atoms with E-state index in [2.05, 4.69) is 23.0 Å². The number of anilines is 1. The van der Waals surface area contributed by atoms with Crippen LogP contribution in [0.5, 0.6) is 0 Å². The van der Waals surface area contributed by atoms with Gasteiger partial charge < -0.3 is 9.88 Å². The Morgan fingerprint density at radius 2 is 1.77 bits per heavy atom. The third-order valence-corrected chi connectivity index (χ3v) is 5.63. The smallest absolute Gasteiger partial charge is 0.371 e. The summed E-state index contributed by atoms with van der Waals surface area (Å²) >= 11 is 0. The van der Waals surface area contributed by atoms with Crippen molar-refractivity contribution in [2.24, 2.45) is 13.0 Å². The minimum Gasteiger partial charge on any atom is -0.371 e. The SMILES string of the molecule is C=c1nc(NC)/c(=C\C2CCN(Cc3ccc(C(F)(F)F)cc3C(F)(F)F)CC2)n1C. The van der Waals surface area contributed by atoms with Crippen molar-refractivity contribution in [2.45, 2.75) is 31.7 Å². The second kappa shape index (κ2) is 8.57. The van der Waals surface area contributed by atoms with E-state index in [1.165, 1.54) is 0 Å². The van der Waals surface area contributed by atoms with E-state index in [9.17, 15) is 26.3 Å². The summed E-state index contributed by atoms with van der Waals surface area (Å²) in [4.78, 5) is 6.18. The van der Waals surface area contributed by atoms with Crippen molar-refractivity contribution in [3.63, 3.8) is 0 Å². The van der Waals surface area contributed by atoms with Crippen LogP contribution in [0.25, 0.3) is 12.7 Å². The third kappa shape index (κ3) is 5.23. The second-order valence-electron chi connectivity index (χ2n) is 7.72. The van der Waals surface area contributed by atoms with Gasteiger partial charge in [-0.05, 0) is 49.5 Å². The number of hydrogen-bond donors (Lipinski definition) is 1. The number of nitrogens with zero attached hydrogens (tertiary/aromatic N) is 3. The zero-order valence-electron chi connectivity index (χ0n) is 17.2. The van der Waals surface area contributed by atoms with Crippen molar-refractivity contribution in [3.8, 4) is 0 Å². The summed E-state index contributed by atoms with van der Waals surface area (Å²) in [5, 5.41) is 3.93. The van der Waals surface area contributed by atoms with E-state index in [0.717, 1.165) is 30.1 Å². The van der Waals surface area contributed by atoms with Gasteiger partial charge in [0, 0.05) is 20.6 Å². The van der Waals surface area contributed by atoms with Gasteiger partial charge in [0.1, 0.15) is 5.48 Å². The van der Waals surface area contributed by atoms with Crippen LogP contribution in [0.1, 0.15) is 29.5 Å². The van der Waals surface area contributed by atoms with E-state index in [1.807, 2.05) is 16.5 Å². The Labute approximate surface area is 175 Å². The molecule has 4 nitrogen and oxygen atoms in total. The Kier molecular flexibility index (Phi) is 6.40. The highest BCUT2D eigenvalue weighted by Gasteiger charge is 2.38. The standard InChI is InChI=1S/C21H24F6N4/c1-13-29-19(28-2)18(30(13)3)10-14-6-8-31(9-7-14)12-15-4-5-16(20(22,23)24)11-17(15)21(25,26)27/h4-5,10-11,14H,1,6-9,12H2,2-3H3,(H,28,29)/b18-10+. The van der Waals surface area contributed by atoms with Gasteiger partial charge >= 0.3 is 12.4 Å². The summed E-state index contributed by atoms with van der Waals surface area (Å²) < 4.78 is 80.6. The van der Waals surface area contributed by atoms with Crippen LogP contribution in [-0.4, -0.2) is 34.6 Å². The molecule has 1 aliphatic rings. The number of alkyl halides is 6. The van der Waals surface area contributed by atoms with Crippen LogP contribution in [0.4, 0.5) is 32.2 Å². The number of benzene rings is 1. The maximum atomic E-state index is 13.4. The minimum atomic E-state index is -4.85. The lowest BCUT2D eigenvalue weighted by molar-refractivity contribution is -0.143. The van der Waals surface area contributed by atoms with E-state index in [4.69, 9.17) is 0 Å². The molecule has 0 spiro atoms. The first-order chi connectivity index (χ1) is 14.4. The summed E-state index contributed by atoms with van der Waals surface area (Å²) in [7, 11) is 3.63. The molecule has 1 aromatic carbocycles. The van der Waals surface area contributed by atoms with Gasteiger partial charge in [-0.25, -0.2) is 4.98 Å². The molecular formula is C21H24F6N4. The summed E-state index contributed by atoms with van der Waals surface area (Å²) in [6, 6.07) is 1.85. The molecule has 1 fully saturated rings. The highest BCUT2D eigenvalue weighted by molar-refractivity contribution is 5.41. The van der Waals surface area contributed by atoms with Crippen LogP contribution in [0.2, 0.25) is 0 Å². The molecular weight excluding hydrogens is 422 g/mol. The van der Waals surface area contributed by atoms with Crippen molar-refractivity contribution < 1.29 is 26.3 Å². The Morgan fingerprint density at radius 1 is 1.13 bits per heavy atom. The number of imidazole rings is 1. The summed E-state index contributed by atoms with van der Waals surface area (Å²) in [5.74, 6) is 0.933. The fourth-order valence-electron chi connectivity index (χ4n) is 3.83. The molecule has 2 heterocycles. The molecule has 0 aliphatic carbocycles. The largest absolute Gasteiger partial charge is 0.416 e. The maximum absolute atomic E-state index is 13.4. The Morgan fingerprint density at radius 3 is 2.32 bits per heavy atom. The fraction of sp³-hybridized carbons (Fsp3) is 0.476. The van der Waals surface area contributed by atoms with Gasteiger partial charge in [0.2, 0.25) is 0 Å². The van der Waals surface area contributed by atoms with Crippen LogP contribution in [0, 0.1) is 5.92 Å². The molecule has 1 aromatic heterocycles. The van der Waals surface area contributed by atoms with Gasteiger partial charge in [-0.15, -0.1) is 0 Å². The Balaban J connectivity index is 1.74. The minimum absolute atomic E-state index is 0.0454. The van der Waals surface area contributed by atoms with Gasteiger partial charge in [0.05, 0.1) is 16.5 Å². The first-order valence-electron chi connectivity index (χ1n) is 9.81. The molecule has 1 saturated heterocycles. The van der Waals surface area contributed by atoms with Gasteiger partial charge in [0.25, 0.3) is 0 Å². The van der Waals surface area contributed by atoms with Crippen molar-refractivity contribution in [3.05, 3.63) is 45.7 Å². The lowest BCUT2D eigenvalue weighted by Gasteiger charge is -2.31. The zero-order valence-corrected chi connectivity index (χ0v) is 17.2. The van der Waals surface area contributed by atoms with E-state index < -0.39 is 23.5 Å². The monoisotopic (exact) mass is 446 g/mol. The molecule has 0 radical (unpaired) electrons. The lowest BCUT2D eigenvalue weighted by Crippen LogP contribution is -2.34. The molecule has 0 unspecified atom stereocenters. The predicted octanol–water partition coefficient (Wildman–Crippen LogP) is 3.60. The number of piperidine rings is 1. The van der Waals surface area contributed by atoms with E-state index >= 15 is 0 Å². The number of aromatic nitrogens is 2. The number of likely N-dealkylation sites (tertiary alicyclic amines) is 1. The average Bonchev–Trinajstić information content (AvgIpc) is 2.96.